The number of nitrogens with one attached hydrogen (secondary N) is 1. The molecule has 1 rings (SSSR count). The Kier molecular flexibility index (Phi) is 3.34. The van der Waals surface area contributed by atoms with Gasteiger partial charge in [-0.2, -0.15) is 0 Å². The van der Waals surface area contributed by atoms with E-state index in [1.807, 2.05) is 0 Å². The Bertz CT molecular complexity index is 108. The topological polar surface area (TPSA) is 32.3 Å². The monoisotopic (exact) mass is 157 g/mol. The molecule has 0 atom stereocenters. The van der Waals surface area contributed by atoms with Crippen molar-refractivity contribution in [3.05, 3.63) is 0 Å². The smallest absolute Gasteiger partial charge is 0.0459 e. The van der Waals surface area contributed by atoms with E-state index < -0.39 is 0 Å². The zero-order valence-electron chi connectivity index (χ0n) is 7.51. The van der Waals surface area contributed by atoms with Gasteiger partial charge in [-0.1, -0.05) is 13.8 Å². The van der Waals surface area contributed by atoms with Crippen molar-refractivity contribution >= 4 is 0 Å². The maximum Gasteiger partial charge on any atom is 0.0459 e. The van der Waals surface area contributed by atoms with Crippen molar-refractivity contribution in [3.63, 3.8) is 0 Å². The Labute approximate surface area is 69.0 Å². The van der Waals surface area contributed by atoms with Crippen LogP contribution in [0.15, 0.2) is 0 Å². The predicted octanol–water partition coefficient (Wildman–Crippen LogP) is 1.00. The third kappa shape index (κ3) is 2.80. The lowest BCUT2D eigenvalue weighted by Gasteiger charge is -2.34. The summed E-state index contributed by atoms with van der Waals surface area (Å²) in [7, 11) is 0. The minimum Gasteiger partial charge on any atom is -0.396 e. The largest absolute Gasteiger partial charge is 0.396 e. The molecule has 1 saturated carbocycles. The van der Waals surface area contributed by atoms with Gasteiger partial charge in [0.15, 0.2) is 0 Å². The molecule has 1 aliphatic rings. The van der Waals surface area contributed by atoms with Gasteiger partial charge >= 0.3 is 0 Å². The molecule has 0 radical (unpaired) electrons. The molecule has 66 valence electrons. The highest BCUT2D eigenvalue weighted by Gasteiger charge is 2.27. The van der Waals surface area contributed by atoms with Crippen LogP contribution in [-0.2, 0) is 0 Å². The standard InChI is InChI=1S/C9H19NO/c1-7(2)10-5-8-3-9(4-8)6-11/h7-11H,3-6H2,1-2H3/t8-,9+. The molecule has 0 aromatic carbocycles. The van der Waals surface area contributed by atoms with E-state index in [-0.39, 0.29) is 0 Å². The minimum absolute atomic E-state index is 0.387. The number of hydrogen-bond acceptors (Lipinski definition) is 2. The molecule has 0 saturated heterocycles. The van der Waals surface area contributed by atoms with Crippen LogP contribution in [0.2, 0.25) is 0 Å². The van der Waals surface area contributed by atoms with Gasteiger partial charge in [-0.3, -0.25) is 0 Å². The molecule has 0 aromatic rings. The van der Waals surface area contributed by atoms with Crippen molar-refractivity contribution in [2.75, 3.05) is 13.2 Å². The maximum absolute atomic E-state index is 8.76. The lowest BCUT2D eigenvalue weighted by Crippen LogP contribution is -2.37. The van der Waals surface area contributed by atoms with Gasteiger partial charge in [0.05, 0.1) is 0 Å². The summed E-state index contributed by atoms with van der Waals surface area (Å²) in [6.07, 6.45) is 2.44. The van der Waals surface area contributed by atoms with Gasteiger partial charge in [0.25, 0.3) is 0 Å². The number of hydrogen-bond donors (Lipinski definition) is 2. The summed E-state index contributed by atoms with van der Waals surface area (Å²) in [5.74, 6) is 1.43. The Hall–Kier alpha value is -0.0800. The van der Waals surface area contributed by atoms with Crippen molar-refractivity contribution < 1.29 is 5.11 Å². The van der Waals surface area contributed by atoms with E-state index in [9.17, 15) is 0 Å². The van der Waals surface area contributed by atoms with Crippen LogP contribution < -0.4 is 5.32 Å². The molecule has 0 heterocycles. The highest BCUT2D eigenvalue weighted by Crippen LogP contribution is 2.32. The van der Waals surface area contributed by atoms with Crippen molar-refractivity contribution in [1.82, 2.24) is 5.32 Å². The molecule has 0 aliphatic heterocycles. The summed E-state index contributed by atoms with van der Waals surface area (Å²) in [6, 6.07) is 0.600. The maximum atomic E-state index is 8.76. The molecule has 2 heteroatoms. The van der Waals surface area contributed by atoms with E-state index in [4.69, 9.17) is 5.11 Å². The molecule has 1 aliphatic carbocycles. The second-order valence-corrected chi connectivity index (χ2v) is 3.95. The van der Waals surface area contributed by atoms with Crippen LogP contribution in [0.4, 0.5) is 0 Å². The molecule has 0 spiro atoms. The summed E-state index contributed by atoms with van der Waals surface area (Å²) < 4.78 is 0. The van der Waals surface area contributed by atoms with Crippen LogP contribution in [0.25, 0.3) is 0 Å². The van der Waals surface area contributed by atoms with E-state index in [2.05, 4.69) is 19.2 Å². The zero-order chi connectivity index (χ0) is 8.27. The number of rotatable bonds is 4. The molecule has 0 aromatic heterocycles. The highest BCUT2D eigenvalue weighted by atomic mass is 16.3. The molecule has 2 nitrogen and oxygen atoms in total. The van der Waals surface area contributed by atoms with Crippen LogP contribution in [0.3, 0.4) is 0 Å². The van der Waals surface area contributed by atoms with Crippen LogP contribution in [-0.4, -0.2) is 24.3 Å². The first-order chi connectivity index (χ1) is 5.22. The molecule has 1 fully saturated rings. The van der Waals surface area contributed by atoms with Gasteiger partial charge in [0.1, 0.15) is 0 Å². The summed E-state index contributed by atoms with van der Waals surface area (Å²) >= 11 is 0. The van der Waals surface area contributed by atoms with Crippen LogP contribution in [0, 0.1) is 11.8 Å². The van der Waals surface area contributed by atoms with Gasteiger partial charge in [-0.05, 0) is 31.2 Å². The van der Waals surface area contributed by atoms with Gasteiger partial charge in [-0.25, -0.2) is 0 Å². The molecular formula is C9H19NO. The lowest BCUT2D eigenvalue weighted by molar-refractivity contribution is 0.105. The van der Waals surface area contributed by atoms with Crippen molar-refractivity contribution in [2.24, 2.45) is 11.8 Å². The first-order valence-corrected chi connectivity index (χ1v) is 4.56. The number of aliphatic hydroxyl groups excluding tert-OH is 1. The minimum atomic E-state index is 0.387. The van der Waals surface area contributed by atoms with E-state index in [0.29, 0.717) is 18.6 Å². The van der Waals surface area contributed by atoms with Crippen LogP contribution >= 0.6 is 0 Å². The summed E-state index contributed by atoms with van der Waals surface area (Å²) in [5, 5.41) is 12.2. The fraction of sp³-hybridized carbons (Fsp3) is 1.00. The average molecular weight is 157 g/mol. The highest BCUT2D eigenvalue weighted by molar-refractivity contribution is 4.80. The van der Waals surface area contributed by atoms with E-state index >= 15 is 0 Å². The van der Waals surface area contributed by atoms with Crippen molar-refractivity contribution in [3.8, 4) is 0 Å². The van der Waals surface area contributed by atoms with Gasteiger partial charge in [0, 0.05) is 12.6 Å². The third-order valence-electron chi connectivity index (χ3n) is 2.41. The summed E-state index contributed by atoms with van der Waals surface area (Å²) in [5.41, 5.74) is 0. The van der Waals surface area contributed by atoms with Gasteiger partial charge < -0.3 is 10.4 Å². The second-order valence-electron chi connectivity index (χ2n) is 3.95. The molecular weight excluding hydrogens is 138 g/mol. The lowest BCUT2D eigenvalue weighted by atomic mass is 9.75. The Morgan fingerprint density at radius 2 is 2.00 bits per heavy atom. The summed E-state index contributed by atoms with van der Waals surface area (Å²) in [6.45, 7) is 5.86. The van der Waals surface area contributed by atoms with Gasteiger partial charge in [-0.15, -0.1) is 0 Å². The van der Waals surface area contributed by atoms with E-state index in [1.54, 1.807) is 0 Å². The fourth-order valence-corrected chi connectivity index (χ4v) is 1.59. The molecule has 0 bridgehead atoms. The van der Waals surface area contributed by atoms with Crippen molar-refractivity contribution in [2.45, 2.75) is 32.7 Å². The second kappa shape index (κ2) is 4.07. The first-order valence-electron chi connectivity index (χ1n) is 4.56. The Morgan fingerprint density at radius 3 is 2.45 bits per heavy atom. The third-order valence-corrected chi connectivity index (χ3v) is 2.41. The van der Waals surface area contributed by atoms with Crippen LogP contribution in [0.5, 0.6) is 0 Å². The molecule has 11 heavy (non-hydrogen) atoms. The van der Waals surface area contributed by atoms with Gasteiger partial charge in [0.2, 0.25) is 0 Å². The normalized spacial score (nSPS) is 30.5. The molecule has 0 amide bonds. The van der Waals surface area contributed by atoms with Crippen molar-refractivity contribution in [1.29, 1.82) is 0 Å². The molecule has 0 unspecified atom stereocenters. The molecule has 2 N–H and O–H groups in total. The quantitative estimate of drug-likeness (QED) is 0.638. The van der Waals surface area contributed by atoms with Crippen LogP contribution in [0.1, 0.15) is 26.7 Å². The Morgan fingerprint density at radius 1 is 1.36 bits per heavy atom. The average Bonchev–Trinajstić information content (AvgIpc) is 1.84. The van der Waals surface area contributed by atoms with E-state index in [1.165, 1.54) is 12.8 Å². The Balaban J connectivity index is 1.96. The zero-order valence-corrected chi connectivity index (χ0v) is 7.51. The first kappa shape index (κ1) is 9.01. The predicted molar refractivity (Wildman–Crippen MR) is 46.4 cm³/mol. The number of aliphatic hydroxyl groups is 1. The summed E-state index contributed by atoms with van der Waals surface area (Å²) in [4.78, 5) is 0. The SMILES string of the molecule is CC(C)NC[C@H]1C[C@@H](CO)C1. The van der Waals surface area contributed by atoms with E-state index in [0.717, 1.165) is 12.5 Å². The fourth-order valence-electron chi connectivity index (χ4n) is 1.59.